The van der Waals surface area contributed by atoms with Crippen molar-refractivity contribution < 1.29 is 44.0 Å². The average Bonchev–Trinajstić information content (AvgIpc) is 2.40. The molecule has 0 aliphatic heterocycles. The zero-order valence-electron chi connectivity index (χ0n) is 10.3. The number of hydrogen-bond donors (Lipinski definition) is 1. The van der Waals surface area contributed by atoms with E-state index in [0.717, 1.165) is 5.56 Å². The van der Waals surface area contributed by atoms with E-state index in [-0.39, 0.29) is 32.5 Å². The molecule has 0 spiro atoms. The van der Waals surface area contributed by atoms with E-state index in [1.54, 1.807) is 0 Å². The molecule has 0 amide bonds. The predicted octanol–water partition coefficient (Wildman–Crippen LogP) is -2.81. The second-order valence-corrected chi connectivity index (χ2v) is 6.45. The van der Waals surface area contributed by atoms with Crippen molar-refractivity contribution in [1.29, 1.82) is 0 Å². The highest BCUT2D eigenvalue weighted by Crippen LogP contribution is 1.96. The predicted molar refractivity (Wildman–Crippen MR) is 65.3 cm³/mol. The molecule has 1 N–H and O–H groups in total. The smallest absolute Gasteiger partial charge is 0.762 e. The molecule has 2 aromatic rings. The molecule has 0 heterocycles. The number of hydrogen-bond acceptors (Lipinski definition) is 1. The molecule has 0 saturated carbocycles. The summed E-state index contributed by atoms with van der Waals surface area (Å²) in [5.41, 5.74) is 0.982. The third kappa shape index (κ3) is 8.16. The van der Waals surface area contributed by atoms with Crippen LogP contribution in [0.15, 0.2) is 54.6 Å². The number of rotatable bonds is 3. The van der Waals surface area contributed by atoms with Crippen LogP contribution in [0, 0.1) is 7.14 Å². The molecule has 0 aliphatic rings. The topological polar surface area (TPSA) is 20.2 Å². The van der Waals surface area contributed by atoms with Gasteiger partial charge >= 0.3 is 28.7 Å². The summed E-state index contributed by atoms with van der Waals surface area (Å²) in [7, 11) is -3.67. The largest absolute Gasteiger partial charge is 1.00 e. The highest BCUT2D eigenvalue weighted by molar-refractivity contribution is 6.33. The van der Waals surface area contributed by atoms with Crippen molar-refractivity contribution in [3.8, 4) is 0 Å². The van der Waals surface area contributed by atoms with Gasteiger partial charge in [0, 0.05) is 0 Å². The van der Waals surface area contributed by atoms with Crippen LogP contribution in [0.1, 0.15) is 5.56 Å². The lowest BCUT2D eigenvalue weighted by Crippen LogP contribution is -3.61. The zero-order valence-corrected chi connectivity index (χ0v) is 12.5. The fourth-order valence-electron chi connectivity index (χ4n) is 1.26. The summed E-state index contributed by atoms with van der Waals surface area (Å²) < 4.78 is 31.8. The molecule has 0 saturated heterocycles. The fraction of sp³-hybridized carbons (Fsp3) is 0.0769. The molecule has 0 aliphatic carbocycles. The van der Waals surface area contributed by atoms with Gasteiger partial charge in [-0.05, 0) is 29.8 Å². The standard InChI is InChI=1S/C13H12IO.BF3.FH/c15-10-11-6-8-13(9-7-11)14-12-4-2-1-3-5-12;2-1(3)4;/h1-9,15H,10H2;;1H/q+1;;/p-1. The van der Waals surface area contributed by atoms with Crippen molar-refractivity contribution in [2.24, 2.45) is 0 Å². The van der Waals surface area contributed by atoms with Gasteiger partial charge in [-0.3, -0.25) is 12.9 Å². The highest BCUT2D eigenvalue weighted by atomic mass is 127. The number of aliphatic hydroxyl groups is 1. The second-order valence-electron chi connectivity index (χ2n) is 3.42. The van der Waals surface area contributed by atoms with Gasteiger partial charge in [0.25, 0.3) is 0 Å². The molecule has 0 unspecified atom stereocenters. The minimum absolute atomic E-state index is 0. The lowest BCUT2D eigenvalue weighted by molar-refractivity contribution is -0.597. The van der Waals surface area contributed by atoms with Crippen LogP contribution in [-0.2, 0) is 6.61 Å². The highest BCUT2D eigenvalue weighted by Gasteiger charge is 2.13. The van der Waals surface area contributed by atoms with Gasteiger partial charge in [0.2, 0.25) is 0 Å². The molecule has 0 fully saturated rings. The third-order valence-electron chi connectivity index (χ3n) is 2.05. The maximum atomic E-state index is 9.67. The molecular weight excluding hydrogens is 386 g/mol. The Balaban J connectivity index is 0.000000644. The first-order valence-corrected chi connectivity index (χ1v) is 7.59. The van der Waals surface area contributed by atoms with Crippen molar-refractivity contribution in [3.05, 3.63) is 67.3 Å². The van der Waals surface area contributed by atoms with Crippen LogP contribution in [0.2, 0.25) is 0 Å². The van der Waals surface area contributed by atoms with E-state index in [4.69, 9.17) is 5.11 Å². The number of benzene rings is 2. The van der Waals surface area contributed by atoms with Crippen LogP contribution in [0.25, 0.3) is 0 Å². The van der Waals surface area contributed by atoms with Crippen molar-refractivity contribution in [1.82, 2.24) is 0 Å². The maximum absolute atomic E-state index is 9.67. The lowest BCUT2D eigenvalue weighted by atomic mass is 10.2. The Labute approximate surface area is 125 Å². The van der Waals surface area contributed by atoms with Crippen molar-refractivity contribution >= 4 is 7.54 Å². The van der Waals surface area contributed by atoms with E-state index in [9.17, 15) is 12.9 Å². The summed E-state index contributed by atoms with van der Waals surface area (Å²) in [6.07, 6.45) is 0. The molecule has 2 aromatic carbocycles. The van der Waals surface area contributed by atoms with Crippen LogP contribution in [0.4, 0.5) is 12.9 Å². The van der Waals surface area contributed by atoms with E-state index >= 15 is 0 Å². The van der Waals surface area contributed by atoms with E-state index in [2.05, 4.69) is 36.4 Å². The summed E-state index contributed by atoms with van der Waals surface area (Å²) in [5, 5.41) is 8.93. The maximum Gasteiger partial charge on any atom is 0.762 e. The molecule has 2 rings (SSSR count). The van der Waals surface area contributed by atoms with Crippen molar-refractivity contribution in [2.45, 2.75) is 6.61 Å². The van der Waals surface area contributed by atoms with Crippen LogP contribution >= 0.6 is 0 Å². The Kier molecular flexibility index (Phi) is 10.1. The molecule has 0 radical (unpaired) electrons. The first-order chi connectivity index (χ1) is 9.11. The van der Waals surface area contributed by atoms with Crippen molar-refractivity contribution in [2.75, 3.05) is 0 Å². The number of aliphatic hydroxyl groups excluding tert-OH is 1. The van der Waals surface area contributed by atoms with Crippen LogP contribution in [0.3, 0.4) is 0 Å². The average molecular weight is 398 g/mol. The van der Waals surface area contributed by atoms with E-state index in [1.807, 2.05) is 18.2 Å². The summed E-state index contributed by atoms with van der Waals surface area (Å²) in [4.78, 5) is 0. The molecule has 0 atom stereocenters. The fourth-order valence-corrected chi connectivity index (χ4v) is 3.47. The van der Waals surface area contributed by atoms with Gasteiger partial charge in [-0.2, -0.15) is 0 Å². The minimum Gasteiger partial charge on any atom is -1.00 e. The Hall–Kier alpha value is -1.09. The molecule has 7 heteroatoms. The third-order valence-corrected chi connectivity index (χ3v) is 4.73. The van der Waals surface area contributed by atoms with Crippen LogP contribution < -0.4 is 25.9 Å². The zero-order chi connectivity index (χ0) is 14.1. The monoisotopic (exact) mass is 398 g/mol. The van der Waals surface area contributed by atoms with Crippen LogP contribution in [-0.4, -0.2) is 12.7 Å². The van der Waals surface area contributed by atoms with Gasteiger partial charge in [0.15, 0.2) is 7.14 Å². The Morgan fingerprint density at radius 1 is 0.850 bits per heavy atom. The SMILES string of the molecule is FB(F)F.OCc1ccc([I+]c2ccccc2)cc1.[F-]. The molecule has 108 valence electrons. The molecule has 20 heavy (non-hydrogen) atoms. The van der Waals surface area contributed by atoms with E-state index in [0.29, 0.717) is 0 Å². The van der Waals surface area contributed by atoms with Gasteiger partial charge in [-0.15, -0.1) is 0 Å². The van der Waals surface area contributed by atoms with Gasteiger partial charge in [-0.25, -0.2) is 0 Å². The summed E-state index contributed by atoms with van der Waals surface area (Å²) in [6.45, 7) is 0.129. The van der Waals surface area contributed by atoms with E-state index < -0.39 is 7.54 Å². The van der Waals surface area contributed by atoms with Gasteiger partial charge < -0.3 is 9.81 Å². The molecule has 1 nitrogen and oxygen atoms in total. The number of halogens is 5. The van der Waals surface area contributed by atoms with Gasteiger partial charge in [0.1, 0.15) is 0 Å². The molecule has 0 bridgehead atoms. The lowest BCUT2D eigenvalue weighted by Gasteiger charge is -1.92. The second kappa shape index (κ2) is 10.7. The first-order valence-electron chi connectivity index (χ1n) is 5.43. The van der Waals surface area contributed by atoms with Crippen molar-refractivity contribution in [3.63, 3.8) is 0 Å². The van der Waals surface area contributed by atoms with Gasteiger partial charge in [-0.1, -0.05) is 30.3 Å². The molecule has 0 aromatic heterocycles. The summed E-state index contributed by atoms with van der Waals surface area (Å²) in [6, 6.07) is 18.8. The van der Waals surface area contributed by atoms with E-state index in [1.165, 1.54) is 7.14 Å². The quantitative estimate of drug-likeness (QED) is 0.337. The Morgan fingerprint density at radius 3 is 1.75 bits per heavy atom. The summed E-state index contributed by atoms with van der Waals surface area (Å²) >= 11 is -0.0710. The van der Waals surface area contributed by atoms with Gasteiger partial charge in [0.05, 0.1) is 6.61 Å². The Morgan fingerprint density at radius 2 is 1.30 bits per heavy atom. The summed E-state index contributed by atoms with van der Waals surface area (Å²) in [5.74, 6) is 0. The normalized spacial score (nSPS) is 9.00. The minimum atomic E-state index is -3.67. The Bertz CT molecular complexity index is 465. The first kappa shape index (κ1) is 18.9. The van der Waals surface area contributed by atoms with Crippen LogP contribution in [0.5, 0.6) is 0 Å². The molecular formula is C13H12BF4IO.